The van der Waals surface area contributed by atoms with Crippen molar-refractivity contribution < 1.29 is 22.6 Å². The third-order valence-electron chi connectivity index (χ3n) is 4.09. The number of nitrogens with zero attached hydrogens (tertiary/aromatic N) is 2. The highest BCUT2D eigenvalue weighted by Crippen LogP contribution is 2.36. The van der Waals surface area contributed by atoms with E-state index >= 15 is 0 Å². The Morgan fingerprint density at radius 3 is 2.54 bits per heavy atom. The van der Waals surface area contributed by atoms with E-state index in [0.29, 0.717) is 4.41 Å². The van der Waals surface area contributed by atoms with E-state index in [-0.39, 0.29) is 24.2 Å². The summed E-state index contributed by atoms with van der Waals surface area (Å²) in [5, 5.41) is 2.69. The van der Waals surface area contributed by atoms with Crippen molar-refractivity contribution in [2.24, 2.45) is 5.29 Å². The molecule has 9 heteroatoms. The van der Waals surface area contributed by atoms with Gasteiger partial charge >= 0.3 is 0 Å². The fraction of sp³-hybridized carbons (Fsp3) is 0.600. The molecule has 2 saturated heterocycles. The molecular formula is C15H20N2O6S. The van der Waals surface area contributed by atoms with Gasteiger partial charge < -0.3 is 14.2 Å². The van der Waals surface area contributed by atoms with Gasteiger partial charge in [0.05, 0.1) is 23.3 Å². The van der Waals surface area contributed by atoms with E-state index in [2.05, 4.69) is 5.29 Å². The Hall–Kier alpha value is -1.55. The van der Waals surface area contributed by atoms with Crippen molar-refractivity contribution in [2.75, 3.05) is 13.2 Å². The average molecular weight is 356 g/mol. The maximum Gasteiger partial charge on any atom is 0.281 e. The Bertz CT molecular complexity index is 718. The monoisotopic (exact) mass is 356 g/mol. The molecular weight excluding hydrogens is 336 g/mol. The summed E-state index contributed by atoms with van der Waals surface area (Å²) in [6, 6.07) is 6.21. The van der Waals surface area contributed by atoms with Gasteiger partial charge in [-0.15, -0.1) is 9.32 Å². The molecule has 0 N–H and O–H groups in total. The fourth-order valence-corrected chi connectivity index (χ4v) is 4.09. The van der Waals surface area contributed by atoms with Crippen LogP contribution in [0.25, 0.3) is 0 Å². The minimum absolute atomic E-state index is 0.00571. The van der Waals surface area contributed by atoms with Crippen LogP contribution in [0.4, 0.5) is 0 Å². The van der Waals surface area contributed by atoms with Crippen molar-refractivity contribution in [3.05, 3.63) is 34.7 Å². The van der Waals surface area contributed by atoms with Crippen LogP contribution in [0.1, 0.15) is 19.4 Å². The Morgan fingerprint density at radius 1 is 1.25 bits per heavy atom. The molecule has 2 aliphatic heterocycles. The lowest BCUT2D eigenvalue weighted by molar-refractivity contribution is -0.175. The Morgan fingerprint density at radius 2 is 1.92 bits per heavy atom. The van der Waals surface area contributed by atoms with Crippen LogP contribution in [0.5, 0.6) is 0 Å². The van der Waals surface area contributed by atoms with Crippen molar-refractivity contribution in [3.63, 3.8) is 0 Å². The lowest BCUT2D eigenvalue weighted by Crippen LogP contribution is -2.40. The quantitative estimate of drug-likeness (QED) is 0.587. The number of aryl methyl sites for hydroxylation is 1. The molecule has 3 atom stereocenters. The molecule has 0 unspecified atom stereocenters. The molecule has 24 heavy (non-hydrogen) atoms. The summed E-state index contributed by atoms with van der Waals surface area (Å²) < 4.78 is 42.7. The van der Waals surface area contributed by atoms with E-state index in [1.54, 1.807) is 26.0 Å². The summed E-state index contributed by atoms with van der Waals surface area (Å²) in [6.07, 6.45) is -1.33. The summed E-state index contributed by atoms with van der Waals surface area (Å²) in [5.74, 6) is -0.757. The number of rotatable bonds is 5. The molecule has 2 fully saturated rings. The van der Waals surface area contributed by atoms with Crippen LogP contribution >= 0.6 is 0 Å². The second kappa shape index (κ2) is 6.07. The van der Waals surface area contributed by atoms with E-state index in [9.17, 15) is 13.3 Å². The van der Waals surface area contributed by atoms with Crippen LogP contribution < -0.4 is 0 Å². The van der Waals surface area contributed by atoms with Gasteiger partial charge in [0, 0.05) is 0 Å². The molecule has 1 aromatic rings. The molecule has 8 nitrogen and oxygen atoms in total. The van der Waals surface area contributed by atoms with Crippen molar-refractivity contribution in [1.82, 2.24) is 4.41 Å². The third-order valence-corrected chi connectivity index (χ3v) is 5.72. The highest BCUT2D eigenvalue weighted by molar-refractivity contribution is 7.89. The highest BCUT2D eigenvalue weighted by Gasteiger charge is 2.51. The zero-order valence-electron chi connectivity index (χ0n) is 13.7. The van der Waals surface area contributed by atoms with Crippen LogP contribution in [0, 0.1) is 11.8 Å². The van der Waals surface area contributed by atoms with Crippen molar-refractivity contribution in [1.29, 1.82) is 0 Å². The average Bonchev–Trinajstić information content (AvgIpc) is 3.00. The largest absolute Gasteiger partial charge is 0.371 e. The highest BCUT2D eigenvalue weighted by atomic mass is 32.2. The predicted molar refractivity (Wildman–Crippen MR) is 84.4 cm³/mol. The van der Waals surface area contributed by atoms with Crippen LogP contribution in [0.3, 0.4) is 0 Å². The smallest absolute Gasteiger partial charge is 0.281 e. The van der Waals surface area contributed by atoms with Gasteiger partial charge in [0.15, 0.2) is 5.79 Å². The lowest BCUT2D eigenvalue weighted by atomic mass is 10.1. The van der Waals surface area contributed by atoms with E-state index < -0.39 is 28.0 Å². The Kier molecular flexibility index (Phi) is 4.37. The van der Waals surface area contributed by atoms with Crippen molar-refractivity contribution in [2.45, 2.75) is 49.8 Å². The first kappa shape index (κ1) is 17.3. The number of ether oxygens (including phenoxy) is 3. The topological polar surface area (TPSA) is 94.5 Å². The van der Waals surface area contributed by atoms with Crippen LogP contribution in [-0.2, 0) is 24.2 Å². The van der Waals surface area contributed by atoms with Crippen molar-refractivity contribution >= 4 is 10.0 Å². The molecule has 0 bridgehead atoms. The normalized spacial score (nSPS) is 28.5. The molecule has 2 aliphatic rings. The second-order valence-electron chi connectivity index (χ2n) is 6.41. The second-order valence-corrected chi connectivity index (χ2v) is 8.26. The summed E-state index contributed by atoms with van der Waals surface area (Å²) >= 11 is 0. The molecule has 0 spiro atoms. The molecule has 1 aromatic carbocycles. The number of nitroso groups, excluding NO2 is 1. The van der Waals surface area contributed by atoms with E-state index in [1.807, 2.05) is 6.92 Å². The maximum atomic E-state index is 12.6. The van der Waals surface area contributed by atoms with Gasteiger partial charge in [-0.2, -0.15) is 8.42 Å². The fourth-order valence-electron chi connectivity index (χ4n) is 2.94. The van der Waals surface area contributed by atoms with E-state index in [4.69, 9.17) is 14.2 Å². The number of hydrogen-bond acceptors (Lipinski definition) is 7. The first-order chi connectivity index (χ1) is 11.2. The van der Waals surface area contributed by atoms with Gasteiger partial charge in [0.25, 0.3) is 10.0 Å². The molecule has 3 rings (SSSR count). The summed E-state index contributed by atoms with van der Waals surface area (Å²) in [7, 11) is -4.04. The third kappa shape index (κ3) is 3.16. The Balaban J connectivity index is 1.77. The van der Waals surface area contributed by atoms with E-state index in [1.165, 1.54) is 12.1 Å². The first-order valence-corrected chi connectivity index (χ1v) is 9.07. The zero-order valence-corrected chi connectivity index (χ0v) is 14.5. The van der Waals surface area contributed by atoms with Gasteiger partial charge in [0.2, 0.25) is 0 Å². The molecule has 0 saturated carbocycles. The van der Waals surface area contributed by atoms with E-state index in [0.717, 1.165) is 5.56 Å². The van der Waals surface area contributed by atoms with Gasteiger partial charge in [-0.1, -0.05) is 17.7 Å². The summed E-state index contributed by atoms with van der Waals surface area (Å²) in [4.78, 5) is 11.2. The molecule has 132 valence electrons. The zero-order chi connectivity index (χ0) is 17.5. The molecule has 0 aliphatic carbocycles. The predicted octanol–water partition coefficient (Wildman–Crippen LogP) is 1.59. The van der Waals surface area contributed by atoms with Crippen LogP contribution in [-0.4, -0.2) is 50.1 Å². The van der Waals surface area contributed by atoms with Gasteiger partial charge in [-0.3, -0.25) is 0 Å². The molecule has 0 amide bonds. The standard InChI is InChI=1S/C15H20N2O6S/c1-10-4-6-11(7-5-10)24(19,20)17(16-18)8-12-14-13(9-21-12)22-15(2,3)23-14/h4-7,12-14H,8-9H2,1-3H3/t12-,13-,14-/m1/s1. The van der Waals surface area contributed by atoms with Gasteiger partial charge in [-0.05, 0) is 32.9 Å². The van der Waals surface area contributed by atoms with Crippen molar-refractivity contribution in [3.8, 4) is 0 Å². The summed E-state index contributed by atoms with van der Waals surface area (Å²) in [5.41, 5.74) is 0.917. The lowest BCUT2D eigenvalue weighted by Gasteiger charge is -2.24. The van der Waals surface area contributed by atoms with Crippen LogP contribution in [0.15, 0.2) is 34.4 Å². The minimum Gasteiger partial charge on any atom is -0.371 e. The number of hydrogen-bond donors (Lipinski definition) is 0. The Labute approximate surface area is 140 Å². The molecule has 0 radical (unpaired) electrons. The SMILES string of the molecule is Cc1ccc(S(=O)(=O)N(C[C@H]2OC[C@H]3OC(C)(C)O[C@H]23)N=O)cc1. The minimum atomic E-state index is -4.04. The molecule has 0 aromatic heterocycles. The van der Waals surface area contributed by atoms with Gasteiger partial charge in [-0.25, -0.2) is 0 Å². The number of benzene rings is 1. The van der Waals surface area contributed by atoms with Gasteiger partial charge in [0.1, 0.15) is 18.3 Å². The maximum absolute atomic E-state index is 12.6. The summed E-state index contributed by atoms with van der Waals surface area (Å²) in [6.45, 7) is 5.47. The molecule has 2 heterocycles. The number of sulfonamides is 1. The number of fused-ring (bicyclic) bond motifs is 1. The first-order valence-electron chi connectivity index (χ1n) is 7.63. The van der Waals surface area contributed by atoms with Crippen LogP contribution in [0.2, 0.25) is 0 Å².